The van der Waals surface area contributed by atoms with Crippen molar-refractivity contribution in [3.8, 4) is 11.5 Å². The third kappa shape index (κ3) is 5.49. The molecule has 0 bridgehead atoms. The fourth-order valence-corrected chi connectivity index (χ4v) is 2.78. The van der Waals surface area contributed by atoms with Crippen LogP contribution in [-0.2, 0) is 11.3 Å². The van der Waals surface area contributed by atoms with Crippen molar-refractivity contribution in [2.24, 2.45) is 0 Å². The van der Waals surface area contributed by atoms with Gasteiger partial charge in [0.15, 0.2) is 0 Å². The van der Waals surface area contributed by atoms with Crippen molar-refractivity contribution in [2.75, 3.05) is 39.4 Å². The van der Waals surface area contributed by atoms with Gasteiger partial charge in [0.1, 0.15) is 11.5 Å². The molecule has 1 saturated heterocycles. The summed E-state index contributed by atoms with van der Waals surface area (Å²) in [7, 11) is 0. The molecular formula is C19H23ClN2O2. The van der Waals surface area contributed by atoms with Crippen LogP contribution in [0.15, 0.2) is 48.5 Å². The number of nitrogens with zero attached hydrogens (tertiary/aromatic N) is 1. The Kier molecular flexibility index (Phi) is 6.49. The first-order valence-electron chi connectivity index (χ1n) is 8.33. The molecule has 3 rings (SSSR count). The van der Waals surface area contributed by atoms with Gasteiger partial charge in [0.25, 0.3) is 0 Å². The Morgan fingerprint density at radius 2 is 1.83 bits per heavy atom. The van der Waals surface area contributed by atoms with Crippen LogP contribution in [0.3, 0.4) is 0 Å². The Labute approximate surface area is 148 Å². The molecule has 1 heterocycles. The average Bonchev–Trinajstić information content (AvgIpc) is 2.62. The van der Waals surface area contributed by atoms with Crippen LogP contribution < -0.4 is 10.1 Å². The number of nitrogens with one attached hydrogen (secondary N) is 1. The minimum absolute atomic E-state index is 0.709. The molecule has 24 heavy (non-hydrogen) atoms. The van der Waals surface area contributed by atoms with Gasteiger partial charge in [-0.1, -0.05) is 23.7 Å². The quantitative estimate of drug-likeness (QED) is 0.777. The summed E-state index contributed by atoms with van der Waals surface area (Å²) in [4.78, 5) is 2.43. The number of hydrogen-bond acceptors (Lipinski definition) is 4. The average molecular weight is 347 g/mol. The van der Waals surface area contributed by atoms with E-state index in [9.17, 15) is 0 Å². The molecule has 0 unspecified atom stereocenters. The Bertz CT molecular complexity index is 628. The Hall–Kier alpha value is -1.59. The highest BCUT2D eigenvalue weighted by Crippen LogP contribution is 2.23. The van der Waals surface area contributed by atoms with Crippen LogP contribution in [0, 0.1) is 0 Å². The molecule has 2 aromatic rings. The summed E-state index contributed by atoms with van der Waals surface area (Å²) >= 11 is 5.89. The number of benzene rings is 2. The highest BCUT2D eigenvalue weighted by molar-refractivity contribution is 6.30. The van der Waals surface area contributed by atoms with Crippen LogP contribution in [-0.4, -0.2) is 44.3 Å². The Balaban J connectivity index is 1.45. The topological polar surface area (TPSA) is 33.7 Å². The van der Waals surface area contributed by atoms with Crippen LogP contribution >= 0.6 is 11.6 Å². The number of rotatable bonds is 7. The smallest absolute Gasteiger partial charge is 0.127 e. The van der Waals surface area contributed by atoms with E-state index >= 15 is 0 Å². The van der Waals surface area contributed by atoms with E-state index in [1.807, 2.05) is 36.4 Å². The second-order valence-corrected chi connectivity index (χ2v) is 6.27. The van der Waals surface area contributed by atoms with Crippen molar-refractivity contribution in [3.05, 3.63) is 59.1 Å². The lowest BCUT2D eigenvalue weighted by atomic mass is 10.2. The standard InChI is InChI=1S/C19H23ClN2O2/c20-17-4-6-18(7-5-17)24-19-3-1-2-16(14-19)15-21-8-9-22-10-12-23-13-11-22/h1-7,14,21H,8-13,15H2. The van der Waals surface area contributed by atoms with Gasteiger partial charge in [0, 0.05) is 37.7 Å². The van der Waals surface area contributed by atoms with E-state index < -0.39 is 0 Å². The van der Waals surface area contributed by atoms with Crippen molar-refractivity contribution in [3.63, 3.8) is 0 Å². The third-order valence-corrected chi connectivity index (χ3v) is 4.24. The summed E-state index contributed by atoms with van der Waals surface area (Å²) < 4.78 is 11.2. The zero-order chi connectivity index (χ0) is 16.6. The van der Waals surface area contributed by atoms with Crippen LogP contribution in [0.2, 0.25) is 5.02 Å². The number of morpholine rings is 1. The normalized spacial score (nSPS) is 15.4. The molecular weight excluding hydrogens is 324 g/mol. The lowest BCUT2D eigenvalue weighted by Crippen LogP contribution is -2.40. The van der Waals surface area contributed by atoms with Gasteiger partial charge in [-0.3, -0.25) is 4.90 Å². The van der Waals surface area contributed by atoms with E-state index in [1.165, 1.54) is 5.56 Å². The maximum Gasteiger partial charge on any atom is 0.127 e. The molecule has 4 nitrogen and oxygen atoms in total. The molecule has 2 aromatic carbocycles. The lowest BCUT2D eigenvalue weighted by Gasteiger charge is -2.26. The number of ether oxygens (including phenoxy) is 2. The molecule has 0 radical (unpaired) electrons. The largest absolute Gasteiger partial charge is 0.457 e. The first-order chi connectivity index (χ1) is 11.8. The van der Waals surface area contributed by atoms with Crippen LogP contribution in [0.5, 0.6) is 11.5 Å². The molecule has 0 saturated carbocycles. The summed E-state index contributed by atoms with van der Waals surface area (Å²) in [5.41, 5.74) is 1.21. The second-order valence-electron chi connectivity index (χ2n) is 5.83. The van der Waals surface area contributed by atoms with E-state index in [1.54, 1.807) is 0 Å². The summed E-state index contributed by atoms with van der Waals surface area (Å²) in [6.07, 6.45) is 0. The second kappa shape index (κ2) is 9.04. The van der Waals surface area contributed by atoms with Crippen molar-refractivity contribution in [2.45, 2.75) is 6.54 Å². The predicted molar refractivity (Wildman–Crippen MR) is 96.9 cm³/mol. The zero-order valence-electron chi connectivity index (χ0n) is 13.7. The zero-order valence-corrected chi connectivity index (χ0v) is 14.5. The number of halogens is 1. The molecule has 0 atom stereocenters. The maximum atomic E-state index is 5.89. The minimum Gasteiger partial charge on any atom is -0.457 e. The van der Waals surface area contributed by atoms with Crippen LogP contribution in [0.25, 0.3) is 0 Å². The molecule has 0 spiro atoms. The third-order valence-electron chi connectivity index (χ3n) is 3.99. The van der Waals surface area contributed by atoms with Gasteiger partial charge >= 0.3 is 0 Å². The summed E-state index contributed by atoms with van der Waals surface area (Å²) in [5.74, 6) is 1.63. The lowest BCUT2D eigenvalue weighted by molar-refractivity contribution is 0.0384. The molecule has 5 heteroatoms. The first-order valence-corrected chi connectivity index (χ1v) is 8.70. The van der Waals surface area contributed by atoms with Gasteiger partial charge in [0.05, 0.1) is 13.2 Å². The minimum atomic E-state index is 0.709. The summed E-state index contributed by atoms with van der Waals surface area (Å²) in [6.45, 7) is 6.64. The molecule has 1 aliphatic heterocycles. The van der Waals surface area contributed by atoms with Gasteiger partial charge in [-0.25, -0.2) is 0 Å². The molecule has 1 fully saturated rings. The summed E-state index contributed by atoms with van der Waals surface area (Å²) in [5, 5.41) is 4.20. The highest BCUT2D eigenvalue weighted by Gasteiger charge is 2.09. The van der Waals surface area contributed by atoms with Crippen molar-refractivity contribution in [1.29, 1.82) is 0 Å². The monoisotopic (exact) mass is 346 g/mol. The van der Waals surface area contributed by atoms with Crippen molar-refractivity contribution >= 4 is 11.6 Å². The van der Waals surface area contributed by atoms with E-state index in [2.05, 4.69) is 22.3 Å². The van der Waals surface area contributed by atoms with Gasteiger partial charge in [-0.05, 0) is 42.0 Å². The fraction of sp³-hybridized carbons (Fsp3) is 0.368. The van der Waals surface area contributed by atoms with Gasteiger partial charge in [-0.15, -0.1) is 0 Å². The fourth-order valence-electron chi connectivity index (χ4n) is 2.65. The Morgan fingerprint density at radius 3 is 2.62 bits per heavy atom. The van der Waals surface area contributed by atoms with Gasteiger partial charge in [0.2, 0.25) is 0 Å². The summed E-state index contributed by atoms with van der Waals surface area (Å²) in [6, 6.07) is 15.6. The maximum absolute atomic E-state index is 5.89. The van der Waals surface area contributed by atoms with Gasteiger partial charge < -0.3 is 14.8 Å². The SMILES string of the molecule is Clc1ccc(Oc2cccc(CNCCN3CCOCC3)c2)cc1. The van der Waals surface area contributed by atoms with Crippen molar-refractivity contribution < 1.29 is 9.47 Å². The molecule has 0 aromatic heterocycles. The van der Waals surface area contributed by atoms with Crippen molar-refractivity contribution in [1.82, 2.24) is 10.2 Å². The molecule has 0 aliphatic carbocycles. The van der Waals surface area contributed by atoms with Crippen LogP contribution in [0.4, 0.5) is 0 Å². The Morgan fingerprint density at radius 1 is 1.04 bits per heavy atom. The van der Waals surface area contributed by atoms with E-state index in [-0.39, 0.29) is 0 Å². The van der Waals surface area contributed by atoms with Crippen LogP contribution in [0.1, 0.15) is 5.56 Å². The number of hydrogen-bond donors (Lipinski definition) is 1. The first kappa shape index (κ1) is 17.2. The van der Waals surface area contributed by atoms with Gasteiger partial charge in [-0.2, -0.15) is 0 Å². The molecule has 1 N–H and O–H groups in total. The van der Waals surface area contributed by atoms with E-state index in [0.717, 1.165) is 57.4 Å². The van der Waals surface area contributed by atoms with E-state index in [0.29, 0.717) is 5.02 Å². The predicted octanol–water partition coefficient (Wildman–Crippen LogP) is 3.55. The molecule has 1 aliphatic rings. The molecule has 128 valence electrons. The van der Waals surface area contributed by atoms with E-state index in [4.69, 9.17) is 21.1 Å². The highest BCUT2D eigenvalue weighted by atomic mass is 35.5. The molecule has 0 amide bonds.